The molecule has 8 heteroatoms. The number of guanidine groups is 1. The van der Waals surface area contributed by atoms with Crippen molar-refractivity contribution in [3.63, 3.8) is 0 Å². The van der Waals surface area contributed by atoms with Crippen LogP contribution < -0.4 is 10.6 Å². The average molecular weight is 420 g/mol. The lowest BCUT2D eigenvalue weighted by Gasteiger charge is -2.20. The third-order valence-corrected chi connectivity index (χ3v) is 4.23. The number of hydrogen-bond acceptors (Lipinski definition) is 5. The van der Waals surface area contributed by atoms with Gasteiger partial charge in [-0.15, -0.1) is 24.0 Å². The van der Waals surface area contributed by atoms with Gasteiger partial charge in [-0.2, -0.15) is 4.98 Å². The van der Waals surface area contributed by atoms with E-state index in [9.17, 15) is 0 Å². The standard InChI is InChI=1S/C14H24N6O.HI/c1-9-7-20(11-4-5-11)8-12(9)18-14(15-3)16-6-13-17-10(2)21-19-13;/h9,11-12H,4-8H2,1-3H3,(H2,15,16,18);1H. The molecule has 22 heavy (non-hydrogen) atoms. The van der Waals surface area contributed by atoms with E-state index in [0.717, 1.165) is 18.5 Å². The van der Waals surface area contributed by atoms with E-state index in [-0.39, 0.29) is 24.0 Å². The molecular formula is C14H25IN6O. The number of nitrogens with zero attached hydrogens (tertiary/aromatic N) is 4. The molecule has 1 saturated heterocycles. The van der Waals surface area contributed by atoms with Crippen molar-refractivity contribution < 1.29 is 4.52 Å². The highest BCUT2D eigenvalue weighted by atomic mass is 127. The van der Waals surface area contributed by atoms with Crippen molar-refractivity contribution in [2.75, 3.05) is 20.1 Å². The number of halogens is 1. The molecule has 1 aromatic heterocycles. The fourth-order valence-corrected chi connectivity index (χ4v) is 2.88. The van der Waals surface area contributed by atoms with Crippen LogP contribution in [0.5, 0.6) is 0 Å². The Kier molecular flexibility index (Phi) is 6.01. The Bertz CT molecular complexity index is 515. The van der Waals surface area contributed by atoms with Crippen LogP contribution in [-0.2, 0) is 6.54 Å². The Labute approximate surface area is 148 Å². The van der Waals surface area contributed by atoms with E-state index < -0.39 is 0 Å². The number of likely N-dealkylation sites (tertiary alicyclic amines) is 1. The van der Waals surface area contributed by atoms with Gasteiger partial charge in [0.25, 0.3) is 0 Å². The van der Waals surface area contributed by atoms with Crippen molar-refractivity contribution in [3.05, 3.63) is 11.7 Å². The van der Waals surface area contributed by atoms with Gasteiger partial charge < -0.3 is 15.2 Å². The summed E-state index contributed by atoms with van der Waals surface area (Å²) < 4.78 is 4.96. The van der Waals surface area contributed by atoms with Crippen LogP contribution in [0.4, 0.5) is 0 Å². The van der Waals surface area contributed by atoms with Crippen LogP contribution in [0.2, 0.25) is 0 Å². The summed E-state index contributed by atoms with van der Waals surface area (Å²) in [6, 6.07) is 1.28. The Morgan fingerprint density at radius 2 is 2.18 bits per heavy atom. The molecule has 0 amide bonds. The van der Waals surface area contributed by atoms with Gasteiger partial charge in [0, 0.05) is 39.1 Å². The van der Waals surface area contributed by atoms with Gasteiger partial charge in [-0.3, -0.25) is 9.89 Å². The molecule has 3 rings (SSSR count). The van der Waals surface area contributed by atoms with E-state index >= 15 is 0 Å². The molecule has 2 N–H and O–H groups in total. The topological polar surface area (TPSA) is 78.6 Å². The predicted octanol–water partition coefficient (Wildman–Crippen LogP) is 1.14. The lowest BCUT2D eigenvalue weighted by atomic mass is 10.1. The first-order valence-corrected chi connectivity index (χ1v) is 7.66. The maximum absolute atomic E-state index is 4.96. The fourth-order valence-electron chi connectivity index (χ4n) is 2.88. The van der Waals surface area contributed by atoms with Crippen LogP contribution >= 0.6 is 24.0 Å². The third kappa shape index (κ3) is 4.31. The van der Waals surface area contributed by atoms with Crippen molar-refractivity contribution in [1.82, 2.24) is 25.7 Å². The highest BCUT2D eigenvalue weighted by molar-refractivity contribution is 14.0. The molecule has 7 nitrogen and oxygen atoms in total. The first kappa shape index (κ1) is 17.5. The van der Waals surface area contributed by atoms with Crippen molar-refractivity contribution >= 4 is 29.9 Å². The molecule has 2 unspecified atom stereocenters. The van der Waals surface area contributed by atoms with Gasteiger partial charge >= 0.3 is 0 Å². The number of rotatable bonds is 4. The van der Waals surface area contributed by atoms with E-state index in [0.29, 0.717) is 30.2 Å². The smallest absolute Gasteiger partial charge is 0.223 e. The molecule has 0 aromatic carbocycles. The minimum atomic E-state index is 0. The van der Waals surface area contributed by atoms with Crippen LogP contribution in [0.3, 0.4) is 0 Å². The second kappa shape index (κ2) is 7.58. The minimum Gasteiger partial charge on any atom is -0.352 e. The summed E-state index contributed by atoms with van der Waals surface area (Å²) in [6.45, 7) is 6.90. The van der Waals surface area contributed by atoms with Gasteiger partial charge in [-0.1, -0.05) is 12.1 Å². The molecule has 1 saturated carbocycles. The molecule has 1 aliphatic heterocycles. The van der Waals surface area contributed by atoms with E-state index in [2.05, 4.69) is 37.6 Å². The monoisotopic (exact) mass is 420 g/mol. The lowest BCUT2D eigenvalue weighted by molar-refractivity contribution is 0.315. The Hall–Kier alpha value is -0.900. The second-order valence-electron chi connectivity index (χ2n) is 6.07. The van der Waals surface area contributed by atoms with E-state index in [1.54, 1.807) is 14.0 Å². The molecule has 2 heterocycles. The number of hydrogen-bond donors (Lipinski definition) is 2. The fraction of sp³-hybridized carbons (Fsp3) is 0.786. The van der Waals surface area contributed by atoms with Gasteiger partial charge in [0.1, 0.15) is 0 Å². The Balaban J connectivity index is 0.00000176. The number of aliphatic imine (C=N–C) groups is 1. The first-order chi connectivity index (χ1) is 10.2. The average Bonchev–Trinajstić information content (AvgIpc) is 3.14. The summed E-state index contributed by atoms with van der Waals surface area (Å²) in [6.07, 6.45) is 2.73. The molecule has 0 bridgehead atoms. The summed E-state index contributed by atoms with van der Waals surface area (Å²) in [5.41, 5.74) is 0. The van der Waals surface area contributed by atoms with E-state index in [4.69, 9.17) is 4.52 Å². The van der Waals surface area contributed by atoms with Gasteiger partial charge in [0.15, 0.2) is 11.8 Å². The molecule has 1 aromatic rings. The zero-order valence-electron chi connectivity index (χ0n) is 13.4. The highest BCUT2D eigenvalue weighted by Gasteiger charge is 2.38. The lowest BCUT2D eigenvalue weighted by Crippen LogP contribution is -2.46. The Morgan fingerprint density at radius 1 is 1.41 bits per heavy atom. The normalized spacial score (nSPS) is 25.9. The number of aromatic nitrogens is 2. The van der Waals surface area contributed by atoms with Crippen LogP contribution in [0, 0.1) is 12.8 Å². The van der Waals surface area contributed by atoms with E-state index in [1.807, 2.05) is 0 Å². The summed E-state index contributed by atoms with van der Waals surface area (Å²) in [5, 5.41) is 10.6. The first-order valence-electron chi connectivity index (χ1n) is 7.66. The SMILES string of the molecule is CN=C(NCc1noc(C)n1)NC1CN(C2CC2)CC1C.I. The van der Waals surface area contributed by atoms with Gasteiger partial charge in [-0.05, 0) is 18.8 Å². The number of aryl methyl sites for hydroxylation is 1. The van der Waals surface area contributed by atoms with Gasteiger partial charge in [0.2, 0.25) is 5.89 Å². The van der Waals surface area contributed by atoms with Crippen molar-refractivity contribution in [1.29, 1.82) is 0 Å². The summed E-state index contributed by atoms with van der Waals surface area (Å²) in [4.78, 5) is 11.1. The zero-order chi connectivity index (χ0) is 14.8. The van der Waals surface area contributed by atoms with E-state index in [1.165, 1.54) is 19.4 Å². The minimum absolute atomic E-state index is 0. The molecule has 1 aliphatic carbocycles. The third-order valence-electron chi connectivity index (χ3n) is 4.23. The van der Waals surface area contributed by atoms with Crippen LogP contribution in [0.15, 0.2) is 9.52 Å². The molecule has 0 spiro atoms. The molecule has 2 atom stereocenters. The molecular weight excluding hydrogens is 395 g/mol. The quantitative estimate of drug-likeness (QED) is 0.432. The molecule has 2 fully saturated rings. The van der Waals surface area contributed by atoms with Crippen molar-refractivity contribution in [3.8, 4) is 0 Å². The van der Waals surface area contributed by atoms with Gasteiger partial charge in [-0.25, -0.2) is 0 Å². The summed E-state index contributed by atoms with van der Waals surface area (Å²) in [5.74, 6) is 2.66. The number of nitrogens with one attached hydrogen (secondary N) is 2. The summed E-state index contributed by atoms with van der Waals surface area (Å²) in [7, 11) is 1.79. The largest absolute Gasteiger partial charge is 0.352 e. The zero-order valence-corrected chi connectivity index (χ0v) is 15.7. The molecule has 0 radical (unpaired) electrons. The van der Waals surface area contributed by atoms with Crippen LogP contribution in [0.1, 0.15) is 31.5 Å². The Morgan fingerprint density at radius 3 is 2.77 bits per heavy atom. The molecule has 124 valence electrons. The van der Waals surface area contributed by atoms with Crippen LogP contribution in [-0.4, -0.2) is 53.2 Å². The predicted molar refractivity (Wildman–Crippen MR) is 95.3 cm³/mol. The maximum atomic E-state index is 4.96. The van der Waals surface area contributed by atoms with Gasteiger partial charge in [0.05, 0.1) is 6.54 Å². The highest BCUT2D eigenvalue weighted by Crippen LogP contribution is 2.31. The van der Waals surface area contributed by atoms with Crippen LogP contribution in [0.25, 0.3) is 0 Å². The maximum Gasteiger partial charge on any atom is 0.223 e. The van der Waals surface area contributed by atoms with Crippen molar-refractivity contribution in [2.45, 2.75) is 45.3 Å². The molecule has 2 aliphatic rings. The van der Waals surface area contributed by atoms with Crippen molar-refractivity contribution in [2.24, 2.45) is 10.9 Å². The summed E-state index contributed by atoms with van der Waals surface area (Å²) >= 11 is 0. The second-order valence-corrected chi connectivity index (χ2v) is 6.07.